The van der Waals surface area contributed by atoms with Gasteiger partial charge in [-0.05, 0) is 12.1 Å². The van der Waals surface area contributed by atoms with Crippen LogP contribution >= 0.6 is 0 Å². The van der Waals surface area contributed by atoms with E-state index < -0.39 is 11.9 Å². The van der Waals surface area contributed by atoms with Crippen molar-refractivity contribution in [3.05, 3.63) is 35.4 Å². The molecule has 0 unspecified atom stereocenters. The van der Waals surface area contributed by atoms with E-state index in [0.717, 1.165) is 0 Å². The topological polar surface area (TPSA) is 101 Å². The van der Waals surface area contributed by atoms with E-state index in [9.17, 15) is 9.59 Å². The van der Waals surface area contributed by atoms with Crippen molar-refractivity contribution in [1.29, 1.82) is 0 Å². The second-order valence-electron chi connectivity index (χ2n) is 2.16. The van der Waals surface area contributed by atoms with Gasteiger partial charge in [-0.1, -0.05) is 12.1 Å². The lowest BCUT2D eigenvalue weighted by atomic mass is 10.1. The largest absolute Gasteiger partial charge is 0.478 e. The first-order chi connectivity index (χ1) is 6.63. The number of hydrogen-bond donors (Lipinski definition) is 3. The molecule has 0 aliphatic carbocycles. The molecule has 1 rings (SSSR count). The SMILES string of the molecule is NF.O=C(O)c1ccccc1C(=O)O. The Balaban J connectivity index is 0.000000791. The molecule has 0 amide bonds. The van der Waals surface area contributed by atoms with Crippen LogP contribution in [0.3, 0.4) is 0 Å². The molecule has 0 atom stereocenters. The zero-order chi connectivity index (χ0) is 11.1. The van der Waals surface area contributed by atoms with Crippen LogP contribution in [0.1, 0.15) is 20.7 Å². The second kappa shape index (κ2) is 5.65. The smallest absolute Gasteiger partial charge is 0.336 e. The third-order valence-corrected chi connectivity index (χ3v) is 1.39. The number of carbonyl (C=O) groups is 2. The fourth-order valence-corrected chi connectivity index (χ4v) is 0.856. The van der Waals surface area contributed by atoms with Crippen molar-refractivity contribution < 1.29 is 24.3 Å². The van der Waals surface area contributed by atoms with Crippen molar-refractivity contribution in [2.45, 2.75) is 0 Å². The summed E-state index contributed by atoms with van der Waals surface area (Å²) >= 11 is 0. The Bertz CT molecular complexity index is 307. The average molecular weight is 201 g/mol. The zero-order valence-corrected chi connectivity index (χ0v) is 6.98. The summed E-state index contributed by atoms with van der Waals surface area (Å²) in [7, 11) is 0. The van der Waals surface area contributed by atoms with E-state index in [-0.39, 0.29) is 11.1 Å². The number of benzene rings is 1. The van der Waals surface area contributed by atoms with E-state index in [1.165, 1.54) is 24.3 Å². The fourth-order valence-electron chi connectivity index (χ4n) is 0.856. The highest BCUT2D eigenvalue weighted by Crippen LogP contribution is 2.07. The number of halogens is 1. The normalized spacial score (nSPS) is 8.43. The number of hydrogen-bond acceptors (Lipinski definition) is 3. The van der Waals surface area contributed by atoms with Crippen molar-refractivity contribution in [1.82, 2.24) is 0 Å². The monoisotopic (exact) mass is 201 g/mol. The molecule has 0 radical (unpaired) electrons. The highest BCUT2D eigenvalue weighted by molar-refractivity contribution is 6.01. The lowest BCUT2D eigenvalue weighted by molar-refractivity contribution is 0.0651. The molecule has 0 spiro atoms. The van der Waals surface area contributed by atoms with Crippen molar-refractivity contribution in [3.8, 4) is 0 Å². The number of rotatable bonds is 2. The summed E-state index contributed by atoms with van der Waals surface area (Å²) in [4.78, 5) is 20.9. The van der Waals surface area contributed by atoms with Crippen LogP contribution in [0.25, 0.3) is 0 Å². The van der Waals surface area contributed by atoms with Gasteiger partial charge in [0.2, 0.25) is 0 Å². The van der Waals surface area contributed by atoms with Crippen molar-refractivity contribution >= 4 is 11.9 Å². The predicted octanol–water partition coefficient (Wildman–Crippen LogP) is 0.913. The number of aromatic carboxylic acids is 2. The first kappa shape index (κ1) is 12.0. The molecule has 1 aromatic rings. The van der Waals surface area contributed by atoms with Gasteiger partial charge in [0.25, 0.3) is 0 Å². The molecule has 0 bridgehead atoms. The third-order valence-electron chi connectivity index (χ3n) is 1.39. The fraction of sp³-hybridized carbons (Fsp3) is 0. The highest BCUT2D eigenvalue weighted by Gasteiger charge is 2.13. The number of nitrogens with two attached hydrogens (primary N) is 1. The van der Waals surface area contributed by atoms with E-state index in [1.54, 1.807) is 0 Å². The van der Waals surface area contributed by atoms with E-state index in [4.69, 9.17) is 14.7 Å². The Kier molecular flexibility index (Phi) is 4.87. The zero-order valence-electron chi connectivity index (χ0n) is 6.98. The minimum absolute atomic E-state index is 0.190. The van der Waals surface area contributed by atoms with Gasteiger partial charge in [-0.25, -0.2) is 9.59 Å². The molecule has 0 fully saturated rings. The first-order valence-corrected chi connectivity index (χ1v) is 3.40. The van der Waals surface area contributed by atoms with E-state index in [2.05, 4.69) is 5.96 Å². The molecule has 6 heteroatoms. The van der Waals surface area contributed by atoms with Crippen molar-refractivity contribution in [2.75, 3.05) is 0 Å². The van der Waals surface area contributed by atoms with Gasteiger partial charge in [-0.15, -0.1) is 4.48 Å². The molecule has 14 heavy (non-hydrogen) atoms. The molecule has 0 aliphatic heterocycles. The van der Waals surface area contributed by atoms with Crippen LogP contribution in [0, 0.1) is 0 Å². The lowest BCUT2D eigenvalue weighted by Crippen LogP contribution is -2.06. The van der Waals surface area contributed by atoms with Crippen LogP contribution in [-0.4, -0.2) is 22.2 Å². The van der Waals surface area contributed by atoms with Crippen LogP contribution in [-0.2, 0) is 0 Å². The first-order valence-electron chi connectivity index (χ1n) is 3.40. The van der Waals surface area contributed by atoms with Gasteiger partial charge >= 0.3 is 11.9 Å². The van der Waals surface area contributed by atoms with Crippen molar-refractivity contribution in [3.63, 3.8) is 0 Å². The summed E-state index contributed by atoms with van der Waals surface area (Å²) in [5, 5.41) is 17.1. The van der Waals surface area contributed by atoms with Crippen LogP contribution in [0.2, 0.25) is 0 Å². The summed E-state index contributed by atoms with van der Waals surface area (Å²) in [6.45, 7) is 0. The van der Waals surface area contributed by atoms with Crippen LogP contribution in [0.5, 0.6) is 0 Å². The Hall–Kier alpha value is -1.95. The van der Waals surface area contributed by atoms with Crippen LogP contribution in [0.4, 0.5) is 4.48 Å². The molecule has 76 valence electrons. The number of carboxylic acid groups (broad SMARTS) is 2. The molecule has 0 saturated carbocycles. The van der Waals surface area contributed by atoms with Gasteiger partial charge in [0.15, 0.2) is 0 Å². The maximum atomic E-state index is 10.5. The summed E-state index contributed by atoms with van der Waals surface area (Å²) in [6.07, 6.45) is 0. The highest BCUT2D eigenvalue weighted by atomic mass is 19.2. The molecule has 0 aliphatic rings. The van der Waals surface area contributed by atoms with E-state index in [1.807, 2.05) is 0 Å². The average Bonchev–Trinajstić information content (AvgIpc) is 2.20. The molecular formula is C8H8FNO4. The van der Waals surface area contributed by atoms with E-state index in [0.29, 0.717) is 0 Å². The standard InChI is InChI=1S/C8H6O4.FH2N/c9-7(10)5-3-1-2-4-6(5)8(11)12;1-2/h1-4H,(H,9,10)(H,11,12);2H2. The van der Waals surface area contributed by atoms with Crippen molar-refractivity contribution in [2.24, 2.45) is 5.96 Å². The van der Waals surface area contributed by atoms with Crippen LogP contribution < -0.4 is 5.96 Å². The maximum absolute atomic E-state index is 10.5. The predicted molar refractivity (Wildman–Crippen MR) is 45.7 cm³/mol. The molecular weight excluding hydrogens is 193 g/mol. The molecule has 5 nitrogen and oxygen atoms in total. The second-order valence-corrected chi connectivity index (χ2v) is 2.16. The van der Waals surface area contributed by atoms with Gasteiger partial charge in [-0.2, -0.15) is 5.96 Å². The summed E-state index contributed by atoms with van der Waals surface area (Å²) < 4.78 is 9.00. The summed E-state index contributed by atoms with van der Waals surface area (Å²) in [6, 6.07) is 5.48. The minimum Gasteiger partial charge on any atom is -0.478 e. The molecule has 4 N–H and O–H groups in total. The van der Waals surface area contributed by atoms with Gasteiger partial charge in [0.05, 0.1) is 11.1 Å². The lowest BCUT2D eigenvalue weighted by Gasteiger charge is -1.98. The Morgan fingerprint density at radius 2 is 1.29 bits per heavy atom. The third kappa shape index (κ3) is 2.83. The molecule has 0 saturated heterocycles. The summed E-state index contributed by atoms with van der Waals surface area (Å²) in [5.41, 5.74) is -0.380. The van der Waals surface area contributed by atoms with Crippen LogP contribution in [0.15, 0.2) is 24.3 Å². The van der Waals surface area contributed by atoms with Gasteiger partial charge in [-0.3, -0.25) is 0 Å². The Morgan fingerprint density at radius 3 is 1.50 bits per heavy atom. The quantitative estimate of drug-likeness (QED) is 0.617. The van der Waals surface area contributed by atoms with Gasteiger partial charge < -0.3 is 10.2 Å². The minimum atomic E-state index is -1.23. The molecule has 1 aromatic carbocycles. The Labute approximate surface area is 78.5 Å². The Morgan fingerprint density at radius 1 is 1.00 bits per heavy atom. The molecule has 0 aromatic heterocycles. The summed E-state index contributed by atoms with van der Waals surface area (Å²) in [5.74, 6) is 0.543. The molecule has 0 heterocycles. The number of carboxylic acids is 2. The van der Waals surface area contributed by atoms with Gasteiger partial charge in [0, 0.05) is 0 Å². The van der Waals surface area contributed by atoms with Gasteiger partial charge in [0.1, 0.15) is 0 Å². The maximum Gasteiger partial charge on any atom is 0.336 e. The van der Waals surface area contributed by atoms with E-state index >= 15 is 0 Å².